The molecule has 0 atom stereocenters. The van der Waals surface area contributed by atoms with Crippen molar-refractivity contribution in [1.29, 1.82) is 0 Å². The summed E-state index contributed by atoms with van der Waals surface area (Å²) in [6.45, 7) is 0.316. The molecule has 26 heavy (non-hydrogen) atoms. The summed E-state index contributed by atoms with van der Waals surface area (Å²) in [7, 11) is 0. The second kappa shape index (κ2) is 8.92. The van der Waals surface area contributed by atoms with E-state index in [9.17, 15) is 9.18 Å². The lowest BCUT2D eigenvalue weighted by Gasteiger charge is -2.04. The summed E-state index contributed by atoms with van der Waals surface area (Å²) < 4.78 is 18.5. The van der Waals surface area contributed by atoms with Crippen molar-refractivity contribution in [1.82, 2.24) is 5.32 Å². The van der Waals surface area contributed by atoms with Gasteiger partial charge < -0.3 is 9.73 Å². The van der Waals surface area contributed by atoms with Crippen molar-refractivity contribution in [2.45, 2.75) is 18.1 Å². The van der Waals surface area contributed by atoms with E-state index < -0.39 is 0 Å². The molecule has 0 spiro atoms. The van der Waals surface area contributed by atoms with Crippen LogP contribution >= 0.6 is 23.4 Å². The SMILES string of the molecule is O=C(NCc1ccc(F)cc1)c1ccc(CSCc2ccccc2Cl)o1. The molecule has 0 saturated heterocycles. The molecule has 1 amide bonds. The van der Waals surface area contributed by atoms with Crippen LogP contribution < -0.4 is 5.32 Å². The minimum atomic E-state index is -0.301. The molecule has 1 N–H and O–H groups in total. The van der Waals surface area contributed by atoms with E-state index in [-0.39, 0.29) is 17.5 Å². The smallest absolute Gasteiger partial charge is 0.287 e. The number of nitrogens with one attached hydrogen (secondary N) is 1. The Balaban J connectivity index is 1.48. The highest BCUT2D eigenvalue weighted by atomic mass is 35.5. The van der Waals surface area contributed by atoms with E-state index in [2.05, 4.69) is 5.32 Å². The predicted molar refractivity (Wildman–Crippen MR) is 103 cm³/mol. The first-order valence-corrected chi connectivity index (χ1v) is 9.57. The second-order valence-electron chi connectivity index (χ2n) is 5.66. The van der Waals surface area contributed by atoms with Crippen LogP contribution in [-0.4, -0.2) is 5.91 Å². The first kappa shape index (κ1) is 18.5. The third-order valence-electron chi connectivity index (χ3n) is 3.71. The Morgan fingerprint density at radius 1 is 1.04 bits per heavy atom. The number of hydrogen-bond acceptors (Lipinski definition) is 3. The lowest BCUT2D eigenvalue weighted by molar-refractivity contribution is 0.0922. The van der Waals surface area contributed by atoms with Crippen molar-refractivity contribution in [2.24, 2.45) is 0 Å². The number of rotatable bonds is 7. The van der Waals surface area contributed by atoms with Gasteiger partial charge in [-0.25, -0.2) is 4.39 Å². The van der Waals surface area contributed by atoms with Crippen LogP contribution in [0.1, 0.15) is 27.4 Å². The molecule has 3 nitrogen and oxygen atoms in total. The summed E-state index contributed by atoms with van der Waals surface area (Å²) in [6, 6.07) is 17.2. The summed E-state index contributed by atoms with van der Waals surface area (Å²) in [4.78, 5) is 12.1. The predicted octanol–water partition coefficient (Wildman–Crippen LogP) is 5.44. The van der Waals surface area contributed by atoms with Crippen molar-refractivity contribution < 1.29 is 13.6 Å². The highest BCUT2D eigenvalue weighted by Crippen LogP contribution is 2.24. The maximum atomic E-state index is 12.9. The van der Waals surface area contributed by atoms with Gasteiger partial charge in [-0.15, -0.1) is 11.8 Å². The Morgan fingerprint density at radius 2 is 1.81 bits per heavy atom. The highest BCUT2D eigenvalue weighted by Gasteiger charge is 2.11. The van der Waals surface area contributed by atoms with Crippen LogP contribution in [0.25, 0.3) is 0 Å². The molecule has 6 heteroatoms. The van der Waals surface area contributed by atoms with Gasteiger partial charge in [-0.3, -0.25) is 4.79 Å². The number of carbonyl (C=O) groups is 1. The van der Waals surface area contributed by atoms with Crippen LogP contribution in [0, 0.1) is 5.82 Å². The molecule has 0 bridgehead atoms. The number of amides is 1. The van der Waals surface area contributed by atoms with Crippen molar-refractivity contribution in [3.8, 4) is 0 Å². The van der Waals surface area contributed by atoms with Gasteiger partial charge in [-0.1, -0.05) is 41.9 Å². The van der Waals surface area contributed by atoms with E-state index in [1.165, 1.54) is 12.1 Å². The quantitative estimate of drug-likeness (QED) is 0.585. The van der Waals surface area contributed by atoms with Crippen LogP contribution in [0.3, 0.4) is 0 Å². The zero-order chi connectivity index (χ0) is 18.4. The molecule has 1 heterocycles. The molecular formula is C20H17ClFNO2S. The third-order valence-corrected chi connectivity index (χ3v) is 5.08. The molecule has 2 aromatic carbocycles. The minimum Gasteiger partial charge on any atom is -0.455 e. The van der Waals surface area contributed by atoms with Crippen molar-refractivity contribution in [3.63, 3.8) is 0 Å². The molecule has 3 rings (SSSR count). The van der Waals surface area contributed by atoms with E-state index >= 15 is 0 Å². The van der Waals surface area contributed by atoms with Gasteiger partial charge in [-0.2, -0.15) is 0 Å². The monoisotopic (exact) mass is 389 g/mol. The largest absolute Gasteiger partial charge is 0.455 e. The van der Waals surface area contributed by atoms with Crippen LogP contribution in [-0.2, 0) is 18.1 Å². The third kappa shape index (κ3) is 5.13. The Hall–Kier alpha value is -2.24. The average Bonchev–Trinajstić information content (AvgIpc) is 3.12. The number of hydrogen-bond donors (Lipinski definition) is 1. The molecule has 1 aromatic heterocycles. The molecule has 3 aromatic rings. The van der Waals surface area contributed by atoms with Crippen molar-refractivity contribution in [2.75, 3.05) is 0 Å². The van der Waals surface area contributed by atoms with E-state index in [1.807, 2.05) is 24.3 Å². The van der Waals surface area contributed by atoms with Gasteiger partial charge >= 0.3 is 0 Å². The molecule has 134 valence electrons. The van der Waals surface area contributed by atoms with Crippen LogP contribution in [0.15, 0.2) is 65.1 Å². The summed E-state index contributed by atoms with van der Waals surface area (Å²) in [5, 5.41) is 3.51. The lowest BCUT2D eigenvalue weighted by atomic mass is 10.2. The van der Waals surface area contributed by atoms with Gasteiger partial charge in [0, 0.05) is 17.3 Å². The highest BCUT2D eigenvalue weighted by molar-refractivity contribution is 7.97. The normalized spacial score (nSPS) is 10.7. The maximum Gasteiger partial charge on any atom is 0.287 e. The zero-order valence-electron chi connectivity index (χ0n) is 13.9. The van der Waals surface area contributed by atoms with Crippen LogP contribution in [0.5, 0.6) is 0 Å². The van der Waals surface area contributed by atoms with Crippen LogP contribution in [0.2, 0.25) is 5.02 Å². The number of furan rings is 1. The summed E-state index contributed by atoms with van der Waals surface area (Å²) in [6.07, 6.45) is 0. The maximum absolute atomic E-state index is 12.9. The minimum absolute atomic E-state index is 0.264. The van der Waals surface area contributed by atoms with E-state index in [0.717, 1.165) is 27.7 Å². The first-order chi connectivity index (χ1) is 12.6. The molecule has 0 fully saturated rings. The van der Waals surface area contributed by atoms with Gasteiger partial charge in [0.1, 0.15) is 11.6 Å². The topological polar surface area (TPSA) is 42.2 Å². The van der Waals surface area contributed by atoms with E-state index in [4.69, 9.17) is 16.0 Å². The first-order valence-electron chi connectivity index (χ1n) is 8.04. The van der Waals surface area contributed by atoms with E-state index in [0.29, 0.717) is 12.3 Å². The molecule has 0 unspecified atom stereocenters. The van der Waals surface area contributed by atoms with Gasteiger partial charge in [0.2, 0.25) is 0 Å². The van der Waals surface area contributed by atoms with Gasteiger partial charge in [-0.05, 0) is 41.5 Å². The number of halogens is 2. The molecular weight excluding hydrogens is 373 g/mol. The fraction of sp³-hybridized carbons (Fsp3) is 0.150. The average molecular weight is 390 g/mol. The second-order valence-corrected chi connectivity index (χ2v) is 7.05. The molecule has 0 aliphatic heterocycles. The summed E-state index contributed by atoms with van der Waals surface area (Å²) >= 11 is 7.80. The molecule has 0 aliphatic carbocycles. The van der Waals surface area contributed by atoms with Gasteiger partial charge in [0.25, 0.3) is 5.91 Å². The summed E-state index contributed by atoms with van der Waals surface area (Å²) in [5.74, 6) is 1.82. The van der Waals surface area contributed by atoms with E-state index in [1.54, 1.807) is 36.0 Å². The Kier molecular flexibility index (Phi) is 6.36. The molecule has 0 radical (unpaired) electrons. The van der Waals surface area contributed by atoms with Crippen molar-refractivity contribution in [3.05, 3.63) is 94.2 Å². The number of benzene rings is 2. The summed E-state index contributed by atoms with van der Waals surface area (Å²) in [5.41, 5.74) is 1.89. The molecule has 0 aliphatic rings. The van der Waals surface area contributed by atoms with Crippen molar-refractivity contribution >= 4 is 29.3 Å². The Morgan fingerprint density at radius 3 is 2.58 bits per heavy atom. The fourth-order valence-electron chi connectivity index (χ4n) is 2.33. The lowest BCUT2D eigenvalue weighted by Crippen LogP contribution is -2.22. The fourth-order valence-corrected chi connectivity index (χ4v) is 3.54. The van der Waals surface area contributed by atoms with Gasteiger partial charge in [0.15, 0.2) is 5.76 Å². The standard InChI is InChI=1S/C20H17ClFNO2S/c21-18-4-2-1-3-15(18)12-26-13-17-9-10-19(25-17)20(24)23-11-14-5-7-16(22)8-6-14/h1-10H,11-13H2,(H,23,24). The Bertz CT molecular complexity index is 880. The number of thioether (sulfide) groups is 1. The van der Waals surface area contributed by atoms with Gasteiger partial charge in [0.05, 0.1) is 5.75 Å². The Labute approximate surface area is 160 Å². The zero-order valence-corrected chi connectivity index (χ0v) is 15.4. The molecule has 0 saturated carbocycles. The number of carbonyl (C=O) groups excluding carboxylic acids is 1. The van der Waals surface area contributed by atoms with Crippen LogP contribution in [0.4, 0.5) is 4.39 Å².